The molecule has 25 heavy (non-hydrogen) atoms. The Morgan fingerprint density at radius 1 is 1.24 bits per heavy atom. The van der Waals surface area contributed by atoms with Gasteiger partial charge in [0.2, 0.25) is 5.95 Å². The number of para-hydroxylation sites is 1. The van der Waals surface area contributed by atoms with Crippen LogP contribution in [0.15, 0.2) is 36.5 Å². The van der Waals surface area contributed by atoms with Gasteiger partial charge in [-0.3, -0.25) is 4.79 Å². The molecule has 1 amide bonds. The summed E-state index contributed by atoms with van der Waals surface area (Å²) in [7, 11) is 3.07. The predicted octanol–water partition coefficient (Wildman–Crippen LogP) is 2.88. The third-order valence-electron chi connectivity index (χ3n) is 3.65. The standard InChI is InChI=1S/C18H22N4O3/c1-4-5-12-22(2)16(23)15-10-11-19-18(21-15)20-14-9-7-6-8-13(14)17(24)25-3/h6-11H,4-5,12H2,1-3H3,(H,19,20,21). The maximum absolute atomic E-state index is 12.4. The normalized spacial score (nSPS) is 10.2. The zero-order chi connectivity index (χ0) is 18.2. The van der Waals surface area contributed by atoms with Gasteiger partial charge in [0.1, 0.15) is 5.69 Å². The van der Waals surface area contributed by atoms with Gasteiger partial charge in [-0.2, -0.15) is 0 Å². The van der Waals surface area contributed by atoms with Crippen molar-refractivity contribution in [3.8, 4) is 0 Å². The van der Waals surface area contributed by atoms with Gasteiger partial charge in [0, 0.05) is 19.8 Å². The first kappa shape index (κ1) is 18.4. The molecule has 1 aromatic heterocycles. The first-order chi connectivity index (χ1) is 12.1. The van der Waals surface area contributed by atoms with Gasteiger partial charge in [0.15, 0.2) is 0 Å². The van der Waals surface area contributed by atoms with Gasteiger partial charge in [-0.1, -0.05) is 25.5 Å². The van der Waals surface area contributed by atoms with Gasteiger partial charge < -0.3 is 15.0 Å². The highest BCUT2D eigenvalue weighted by molar-refractivity contribution is 5.96. The largest absolute Gasteiger partial charge is 0.465 e. The Morgan fingerprint density at radius 2 is 2.00 bits per heavy atom. The van der Waals surface area contributed by atoms with E-state index in [1.54, 1.807) is 42.3 Å². The summed E-state index contributed by atoms with van der Waals surface area (Å²) >= 11 is 0. The summed E-state index contributed by atoms with van der Waals surface area (Å²) in [4.78, 5) is 34.3. The first-order valence-corrected chi connectivity index (χ1v) is 8.09. The maximum atomic E-state index is 12.4. The molecule has 0 fully saturated rings. The average Bonchev–Trinajstić information content (AvgIpc) is 2.65. The third kappa shape index (κ3) is 4.76. The van der Waals surface area contributed by atoms with Crippen LogP contribution < -0.4 is 5.32 Å². The number of ether oxygens (including phenoxy) is 1. The molecule has 1 N–H and O–H groups in total. The van der Waals surface area contributed by atoms with E-state index in [0.29, 0.717) is 23.5 Å². The summed E-state index contributed by atoms with van der Waals surface area (Å²) in [6, 6.07) is 8.45. The van der Waals surface area contributed by atoms with Crippen molar-refractivity contribution in [3.63, 3.8) is 0 Å². The Balaban J connectivity index is 2.20. The Morgan fingerprint density at radius 3 is 2.72 bits per heavy atom. The van der Waals surface area contributed by atoms with Crippen molar-refractivity contribution < 1.29 is 14.3 Å². The third-order valence-corrected chi connectivity index (χ3v) is 3.65. The number of amides is 1. The number of hydrogen-bond acceptors (Lipinski definition) is 6. The lowest BCUT2D eigenvalue weighted by Crippen LogP contribution is -2.28. The highest BCUT2D eigenvalue weighted by atomic mass is 16.5. The fourth-order valence-corrected chi connectivity index (χ4v) is 2.23. The fraction of sp³-hybridized carbons (Fsp3) is 0.333. The van der Waals surface area contributed by atoms with E-state index in [1.165, 1.54) is 13.3 Å². The van der Waals surface area contributed by atoms with E-state index in [2.05, 4.69) is 22.2 Å². The van der Waals surface area contributed by atoms with E-state index in [4.69, 9.17) is 4.74 Å². The SMILES string of the molecule is CCCCN(C)C(=O)c1ccnc(Nc2ccccc2C(=O)OC)n1. The van der Waals surface area contributed by atoms with Gasteiger partial charge in [-0.25, -0.2) is 14.8 Å². The fourth-order valence-electron chi connectivity index (χ4n) is 2.23. The molecule has 0 saturated carbocycles. The van der Waals surface area contributed by atoms with Crippen molar-refractivity contribution in [1.29, 1.82) is 0 Å². The zero-order valence-corrected chi connectivity index (χ0v) is 14.7. The van der Waals surface area contributed by atoms with Crippen LogP contribution in [0.25, 0.3) is 0 Å². The molecule has 0 spiro atoms. The van der Waals surface area contributed by atoms with E-state index >= 15 is 0 Å². The summed E-state index contributed by atoms with van der Waals surface area (Å²) in [5.74, 6) is -0.388. The van der Waals surface area contributed by atoms with Crippen molar-refractivity contribution in [3.05, 3.63) is 47.8 Å². The number of nitrogens with zero attached hydrogens (tertiary/aromatic N) is 3. The van der Waals surface area contributed by atoms with Gasteiger partial charge >= 0.3 is 5.97 Å². The summed E-state index contributed by atoms with van der Waals surface area (Å²) in [6.45, 7) is 2.75. The molecule has 2 aromatic rings. The van der Waals surface area contributed by atoms with E-state index in [9.17, 15) is 9.59 Å². The van der Waals surface area contributed by atoms with Crippen LogP contribution in [0.1, 0.15) is 40.6 Å². The zero-order valence-electron chi connectivity index (χ0n) is 14.7. The second kappa shape index (κ2) is 8.77. The number of aromatic nitrogens is 2. The number of benzene rings is 1. The number of hydrogen-bond donors (Lipinski definition) is 1. The number of carbonyl (C=O) groups is 2. The minimum Gasteiger partial charge on any atom is -0.465 e. The Hall–Kier alpha value is -2.96. The highest BCUT2D eigenvalue weighted by Gasteiger charge is 2.15. The minimum absolute atomic E-state index is 0.167. The number of rotatable bonds is 7. The average molecular weight is 342 g/mol. The van der Waals surface area contributed by atoms with Gasteiger partial charge in [-0.15, -0.1) is 0 Å². The molecule has 0 saturated heterocycles. The first-order valence-electron chi connectivity index (χ1n) is 8.09. The molecule has 7 heteroatoms. The van der Waals surface area contributed by atoms with Crippen molar-refractivity contribution in [1.82, 2.24) is 14.9 Å². The van der Waals surface area contributed by atoms with Crippen LogP contribution in [-0.2, 0) is 4.74 Å². The lowest BCUT2D eigenvalue weighted by Gasteiger charge is -2.16. The number of unbranched alkanes of at least 4 members (excludes halogenated alkanes) is 1. The van der Waals surface area contributed by atoms with Gasteiger partial charge in [0.25, 0.3) is 5.91 Å². The molecular formula is C18H22N4O3. The van der Waals surface area contributed by atoms with Gasteiger partial charge in [-0.05, 0) is 24.6 Å². The van der Waals surface area contributed by atoms with Gasteiger partial charge in [0.05, 0.1) is 18.4 Å². The van der Waals surface area contributed by atoms with Crippen LogP contribution in [0.2, 0.25) is 0 Å². The molecule has 1 heterocycles. The quantitative estimate of drug-likeness (QED) is 0.779. The van der Waals surface area contributed by atoms with Crippen molar-refractivity contribution >= 4 is 23.5 Å². The van der Waals surface area contributed by atoms with E-state index in [-0.39, 0.29) is 11.9 Å². The van der Waals surface area contributed by atoms with Crippen LogP contribution in [0, 0.1) is 0 Å². The number of nitrogens with one attached hydrogen (secondary N) is 1. The molecule has 0 aliphatic heterocycles. The smallest absolute Gasteiger partial charge is 0.339 e. The molecule has 132 valence electrons. The molecule has 0 radical (unpaired) electrons. The molecule has 0 bridgehead atoms. The summed E-state index contributed by atoms with van der Waals surface area (Å²) in [5.41, 5.74) is 1.18. The topological polar surface area (TPSA) is 84.4 Å². The second-order valence-electron chi connectivity index (χ2n) is 5.51. The molecule has 0 unspecified atom stereocenters. The molecular weight excluding hydrogens is 320 g/mol. The highest BCUT2D eigenvalue weighted by Crippen LogP contribution is 2.19. The van der Waals surface area contributed by atoms with Crippen molar-refractivity contribution in [2.24, 2.45) is 0 Å². The summed E-state index contributed by atoms with van der Waals surface area (Å²) < 4.78 is 4.77. The number of anilines is 2. The van der Waals surface area contributed by atoms with E-state index in [1.807, 2.05) is 0 Å². The Kier molecular flexibility index (Phi) is 6.45. The Labute approximate surface area is 147 Å². The lowest BCUT2D eigenvalue weighted by atomic mass is 10.2. The number of esters is 1. The minimum atomic E-state index is -0.463. The Bertz CT molecular complexity index is 749. The lowest BCUT2D eigenvalue weighted by molar-refractivity contribution is 0.0601. The molecule has 0 aliphatic rings. The predicted molar refractivity (Wildman–Crippen MR) is 95.0 cm³/mol. The molecule has 2 rings (SSSR count). The number of methoxy groups -OCH3 is 1. The van der Waals surface area contributed by atoms with Crippen LogP contribution in [0.5, 0.6) is 0 Å². The van der Waals surface area contributed by atoms with Crippen molar-refractivity contribution in [2.45, 2.75) is 19.8 Å². The summed E-state index contributed by atoms with van der Waals surface area (Å²) in [5, 5.41) is 2.97. The van der Waals surface area contributed by atoms with Crippen LogP contribution in [0.3, 0.4) is 0 Å². The van der Waals surface area contributed by atoms with Crippen LogP contribution >= 0.6 is 0 Å². The second-order valence-corrected chi connectivity index (χ2v) is 5.51. The van der Waals surface area contributed by atoms with E-state index in [0.717, 1.165) is 12.8 Å². The van der Waals surface area contributed by atoms with Crippen molar-refractivity contribution in [2.75, 3.05) is 26.0 Å². The molecule has 0 atom stereocenters. The van der Waals surface area contributed by atoms with Crippen LogP contribution in [-0.4, -0.2) is 47.4 Å². The summed E-state index contributed by atoms with van der Waals surface area (Å²) in [6.07, 6.45) is 3.46. The maximum Gasteiger partial charge on any atom is 0.339 e. The molecule has 7 nitrogen and oxygen atoms in total. The van der Waals surface area contributed by atoms with E-state index < -0.39 is 5.97 Å². The molecule has 1 aromatic carbocycles. The monoisotopic (exact) mass is 342 g/mol. The van der Waals surface area contributed by atoms with Crippen LogP contribution in [0.4, 0.5) is 11.6 Å². The number of carbonyl (C=O) groups excluding carboxylic acids is 2. The molecule has 0 aliphatic carbocycles.